The standard InChI is InChI=1S/C17H13BN2O/c1-11-2-6-15(18)9-13(11)4-3-12-8-14-5-7-16(21)20-17(14)19-10-12/h2-10H,1H3,(H,19,20,21)/b4-3+. The summed E-state index contributed by atoms with van der Waals surface area (Å²) in [5, 5.41) is 0.904. The molecule has 0 aliphatic rings. The number of hydrogen-bond donors (Lipinski definition) is 1. The fourth-order valence-electron chi connectivity index (χ4n) is 2.17. The van der Waals surface area contributed by atoms with Crippen molar-refractivity contribution in [2.45, 2.75) is 6.92 Å². The highest BCUT2D eigenvalue weighted by Crippen LogP contribution is 2.14. The maximum atomic E-state index is 11.2. The molecule has 3 aromatic rings. The zero-order valence-corrected chi connectivity index (χ0v) is 11.6. The van der Waals surface area contributed by atoms with Crippen LogP contribution in [-0.4, -0.2) is 17.8 Å². The normalized spacial score (nSPS) is 11.3. The molecule has 3 rings (SSSR count). The molecule has 4 heteroatoms. The summed E-state index contributed by atoms with van der Waals surface area (Å²) in [6.45, 7) is 2.04. The van der Waals surface area contributed by atoms with Gasteiger partial charge in [-0.2, -0.15) is 0 Å². The topological polar surface area (TPSA) is 45.8 Å². The van der Waals surface area contributed by atoms with Gasteiger partial charge in [0.2, 0.25) is 5.56 Å². The summed E-state index contributed by atoms with van der Waals surface area (Å²) in [6.07, 6.45) is 5.73. The van der Waals surface area contributed by atoms with E-state index in [0.717, 1.165) is 22.0 Å². The number of aryl methyl sites for hydroxylation is 1. The first kappa shape index (κ1) is 13.4. The molecule has 0 unspecified atom stereocenters. The van der Waals surface area contributed by atoms with Crippen LogP contribution in [-0.2, 0) is 0 Å². The van der Waals surface area contributed by atoms with Crippen LogP contribution in [0.5, 0.6) is 0 Å². The van der Waals surface area contributed by atoms with Gasteiger partial charge in [0.1, 0.15) is 13.5 Å². The molecule has 2 heterocycles. The van der Waals surface area contributed by atoms with Crippen LogP contribution in [0.15, 0.2) is 47.4 Å². The van der Waals surface area contributed by atoms with Crippen molar-refractivity contribution >= 4 is 36.5 Å². The maximum Gasteiger partial charge on any atom is 0.249 e. The van der Waals surface area contributed by atoms with Crippen molar-refractivity contribution in [2.24, 2.45) is 0 Å². The lowest BCUT2D eigenvalue weighted by Crippen LogP contribution is -2.03. The lowest BCUT2D eigenvalue weighted by atomic mass is 9.92. The van der Waals surface area contributed by atoms with E-state index in [1.54, 1.807) is 12.3 Å². The number of aromatic nitrogens is 2. The van der Waals surface area contributed by atoms with E-state index in [0.29, 0.717) is 5.65 Å². The van der Waals surface area contributed by atoms with E-state index in [2.05, 4.69) is 9.97 Å². The van der Waals surface area contributed by atoms with Crippen molar-refractivity contribution in [2.75, 3.05) is 0 Å². The Morgan fingerprint density at radius 2 is 2.00 bits per heavy atom. The Hall–Kier alpha value is -2.62. The van der Waals surface area contributed by atoms with Crippen molar-refractivity contribution in [3.05, 3.63) is 69.6 Å². The number of nitrogens with one attached hydrogen (secondary N) is 1. The molecular weight excluding hydrogens is 259 g/mol. The number of nitrogens with zero attached hydrogens (tertiary/aromatic N) is 1. The van der Waals surface area contributed by atoms with Crippen molar-refractivity contribution < 1.29 is 0 Å². The predicted octanol–water partition coefficient (Wildman–Crippen LogP) is 2.20. The SMILES string of the molecule is [B]c1ccc(C)c(/C=C/c2cnc3[nH]c(=O)ccc3c2)c1. The first-order valence-electron chi connectivity index (χ1n) is 6.65. The highest BCUT2D eigenvalue weighted by molar-refractivity contribution is 6.32. The summed E-state index contributed by atoms with van der Waals surface area (Å²) in [7, 11) is 5.81. The van der Waals surface area contributed by atoms with Crippen LogP contribution in [0.3, 0.4) is 0 Å². The van der Waals surface area contributed by atoms with Crippen LogP contribution in [0.2, 0.25) is 0 Å². The Labute approximate surface area is 123 Å². The minimum Gasteiger partial charge on any atom is -0.307 e. The molecule has 1 N–H and O–H groups in total. The Kier molecular flexibility index (Phi) is 3.44. The van der Waals surface area contributed by atoms with E-state index < -0.39 is 0 Å². The third-order valence-corrected chi connectivity index (χ3v) is 3.35. The van der Waals surface area contributed by atoms with Gasteiger partial charge in [-0.1, -0.05) is 35.8 Å². The second-order valence-electron chi connectivity index (χ2n) is 4.98. The summed E-state index contributed by atoms with van der Waals surface area (Å²) < 4.78 is 0. The molecule has 0 aliphatic heterocycles. The number of aromatic amines is 1. The van der Waals surface area contributed by atoms with E-state index in [1.165, 1.54) is 11.6 Å². The summed E-state index contributed by atoms with van der Waals surface area (Å²) >= 11 is 0. The molecule has 0 atom stereocenters. The van der Waals surface area contributed by atoms with E-state index in [-0.39, 0.29) is 5.56 Å². The molecule has 21 heavy (non-hydrogen) atoms. The fraction of sp³-hybridized carbons (Fsp3) is 0.0588. The average molecular weight is 272 g/mol. The lowest BCUT2D eigenvalue weighted by molar-refractivity contribution is 1.23. The van der Waals surface area contributed by atoms with Gasteiger partial charge in [0, 0.05) is 17.6 Å². The van der Waals surface area contributed by atoms with Crippen molar-refractivity contribution in [1.29, 1.82) is 0 Å². The van der Waals surface area contributed by atoms with Crippen molar-refractivity contribution in [1.82, 2.24) is 9.97 Å². The van der Waals surface area contributed by atoms with Gasteiger partial charge >= 0.3 is 0 Å². The van der Waals surface area contributed by atoms with Gasteiger partial charge < -0.3 is 4.98 Å². The Morgan fingerprint density at radius 3 is 2.86 bits per heavy atom. The predicted molar refractivity (Wildman–Crippen MR) is 87.9 cm³/mol. The van der Waals surface area contributed by atoms with Crippen molar-refractivity contribution in [3.63, 3.8) is 0 Å². The molecule has 100 valence electrons. The van der Waals surface area contributed by atoms with Gasteiger partial charge in [-0.15, -0.1) is 0 Å². The summed E-state index contributed by atoms with van der Waals surface area (Å²) in [6, 6.07) is 11.1. The van der Waals surface area contributed by atoms with Crippen LogP contribution >= 0.6 is 0 Å². The number of pyridine rings is 2. The average Bonchev–Trinajstić information content (AvgIpc) is 2.48. The van der Waals surface area contributed by atoms with Gasteiger partial charge in [0.15, 0.2) is 0 Å². The third kappa shape index (κ3) is 2.94. The molecule has 2 radical (unpaired) electrons. The van der Waals surface area contributed by atoms with E-state index in [4.69, 9.17) is 7.85 Å². The van der Waals surface area contributed by atoms with E-state index >= 15 is 0 Å². The highest BCUT2D eigenvalue weighted by Gasteiger charge is 1.98. The van der Waals surface area contributed by atoms with Crippen LogP contribution < -0.4 is 11.0 Å². The number of benzene rings is 1. The minimum atomic E-state index is -0.145. The Morgan fingerprint density at radius 1 is 1.14 bits per heavy atom. The molecule has 2 aromatic heterocycles. The highest BCUT2D eigenvalue weighted by atomic mass is 16.1. The van der Waals surface area contributed by atoms with E-state index in [9.17, 15) is 4.79 Å². The molecule has 0 saturated carbocycles. The molecule has 0 amide bonds. The molecule has 0 bridgehead atoms. The van der Waals surface area contributed by atoms with Gasteiger partial charge in [0.25, 0.3) is 0 Å². The zero-order chi connectivity index (χ0) is 14.8. The molecular formula is C17H13BN2O. The molecule has 0 spiro atoms. The number of fused-ring (bicyclic) bond motifs is 1. The third-order valence-electron chi connectivity index (χ3n) is 3.35. The van der Waals surface area contributed by atoms with Gasteiger partial charge in [-0.05, 0) is 35.7 Å². The summed E-state index contributed by atoms with van der Waals surface area (Å²) in [5.41, 5.74) is 4.41. The lowest BCUT2D eigenvalue weighted by Gasteiger charge is -2.02. The summed E-state index contributed by atoms with van der Waals surface area (Å²) in [4.78, 5) is 18.2. The molecule has 3 nitrogen and oxygen atoms in total. The second kappa shape index (κ2) is 5.41. The fourth-order valence-corrected chi connectivity index (χ4v) is 2.17. The maximum absolute atomic E-state index is 11.2. The first-order chi connectivity index (χ1) is 10.1. The monoisotopic (exact) mass is 272 g/mol. The second-order valence-corrected chi connectivity index (χ2v) is 4.98. The Bertz CT molecular complexity index is 897. The largest absolute Gasteiger partial charge is 0.307 e. The Balaban J connectivity index is 1.97. The van der Waals surface area contributed by atoms with Crippen LogP contribution in [0.25, 0.3) is 23.2 Å². The molecule has 1 aromatic carbocycles. The number of hydrogen-bond acceptors (Lipinski definition) is 2. The summed E-state index contributed by atoms with van der Waals surface area (Å²) in [5.74, 6) is 0. The van der Waals surface area contributed by atoms with Crippen molar-refractivity contribution in [3.8, 4) is 0 Å². The smallest absolute Gasteiger partial charge is 0.249 e. The van der Waals surface area contributed by atoms with Gasteiger partial charge in [-0.3, -0.25) is 4.79 Å². The first-order valence-corrected chi connectivity index (χ1v) is 6.65. The number of H-pyrrole nitrogens is 1. The molecule has 0 saturated heterocycles. The van der Waals surface area contributed by atoms with Crippen LogP contribution in [0, 0.1) is 6.92 Å². The van der Waals surface area contributed by atoms with Crippen LogP contribution in [0.1, 0.15) is 16.7 Å². The van der Waals surface area contributed by atoms with Gasteiger partial charge in [0.05, 0.1) is 0 Å². The molecule has 0 aliphatic carbocycles. The van der Waals surface area contributed by atoms with E-state index in [1.807, 2.05) is 43.3 Å². The molecule has 0 fully saturated rings. The van der Waals surface area contributed by atoms with Gasteiger partial charge in [-0.25, -0.2) is 4.98 Å². The zero-order valence-electron chi connectivity index (χ0n) is 11.6. The minimum absolute atomic E-state index is 0.145. The van der Waals surface area contributed by atoms with Crippen LogP contribution in [0.4, 0.5) is 0 Å². The number of rotatable bonds is 2. The quantitative estimate of drug-likeness (QED) is 0.727.